The molecule has 0 aliphatic carbocycles. The second kappa shape index (κ2) is 9.21. The van der Waals surface area contributed by atoms with Crippen molar-refractivity contribution in [1.29, 1.82) is 0 Å². The number of cyclic esters (lactones) is 1. The van der Waals surface area contributed by atoms with Gasteiger partial charge in [-0.2, -0.15) is 0 Å². The number of benzene rings is 1. The number of hydrogen-bond acceptors (Lipinski definition) is 6. The van der Waals surface area contributed by atoms with Crippen LogP contribution < -0.4 is 15.1 Å². The molecule has 1 aromatic heterocycles. The molecule has 2 aliphatic rings. The maximum Gasteiger partial charge on any atom is 0.414 e. The zero-order chi connectivity index (χ0) is 22.7. The minimum absolute atomic E-state index is 0.137. The molecule has 1 N–H and O–H groups in total. The van der Waals surface area contributed by atoms with Crippen LogP contribution in [0.2, 0.25) is 0 Å². The highest BCUT2D eigenvalue weighted by Gasteiger charge is 2.33. The molecule has 168 valence electrons. The Balaban J connectivity index is 1.37. The molecule has 10 heteroatoms. The van der Waals surface area contributed by atoms with E-state index in [0.29, 0.717) is 43.2 Å². The fourth-order valence-electron chi connectivity index (χ4n) is 3.82. The molecule has 0 unspecified atom stereocenters. The van der Waals surface area contributed by atoms with Gasteiger partial charge in [-0.25, -0.2) is 9.18 Å². The molecule has 0 bridgehead atoms. The van der Waals surface area contributed by atoms with E-state index in [1.807, 2.05) is 4.90 Å². The first-order valence-electron chi connectivity index (χ1n) is 10.4. The monoisotopic (exact) mass is 441 g/mol. The van der Waals surface area contributed by atoms with E-state index in [-0.39, 0.29) is 24.9 Å². The Morgan fingerprint density at radius 1 is 1.19 bits per heavy atom. The van der Waals surface area contributed by atoms with Gasteiger partial charge in [0.2, 0.25) is 5.91 Å². The molecule has 32 heavy (non-hydrogen) atoms. The lowest BCUT2D eigenvalue weighted by Gasteiger charge is -2.36. The van der Waals surface area contributed by atoms with Gasteiger partial charge in [-0.3, -0.25) is 19.5 Å². The van der Waals surface area contributed by atoms with Gasteiger partial charge >= 0.3 is 6.09 Å². The average molecular weight is 441 g/mol. The van der Waals surface area contributed by atoms with Gasteiger partial charge in [-0.15, -0.1) is 0 Å². The number of ether oxygens (including phenoxy) is 1. The molecule has 0 spiro atoms. The van der Waals surface area contributed by atoms with E-state index < -0.39 is 18.0 Å². The van der Waals surface area contributed by atoms with Crippen molar-refractivity contribution in [2.45, 2.75) is 13.0 Å². The van der Waals surface area contributed by atoms with Crippen LogP contribution in [0.1, 0.15) is 17.4 Å². The highest BCUT2D eigenvalue weighted by molar-refractivity contribution is 5.92. The quantitative estimate of drug-likeness (QED) is 0.758. The van der Waals surface area contributed by atoms with Crippen molar-refractivity contribution < 1.29 is 23.5 Å². The number of carbonyl (C=O) groups is 3. The van der Waals surface area contributed by atoms with E-state index in [4.69, 9.17) is 4.74 Å². The average Bonchev–Trinajstić information content (AvgIpc) is 3.18. The van der Waals surface area contributed by atoms with Crippen molar-refractivity contribution in [3.63, 3.8) is 0 Å². The van der Waals surface area contributed by atoms with Crippen LogP contribution in [-0.4, -0.2) is 73.2 Å². The summed E-state index contributed by atoms with van der Waals surface area (Å²) >= 11 is 0. The first-order chi connectivity index (χ1) is 15.4. The number of pyridine rings is 1. The number of amides is 3. The summed E-state index contributed by atoms with van der Waals surface area (Å²) in [6.45, 7) is 3.71. The summed E-state index contributed by atoms with van der Waals surface area (Å²) in [6, 6.07) is 9.82. The van der Waals surface area contributed by atoms with E-state index >= 15 is 0 Å². The molecule has 1 atom stereocenters. The molecular weight excluding hydrogens is 417 g/mol. The van der Waals surface area contributed by atoms with Crippen molar-refractivity contribution >= 4 is 29.3 Å². The summed E-state index contributed by atoms with van der Waals surface area (Å²) in [7, 11) is 0. The molecule has 3 amide bonds. The van der Waals surface area contributed by atoms with E-state index in [9.17, 15) is 18.8 Å². The van der Waals surface area contributed by atoms with Gasteiger partial charge in [0, 0.05) is 39.3 Å². The lowest BCUT2D eigenvalue weighted by molar-refractivity contribution is -0.119. The van der Waals surface area contributed by atoms with E-state index in [1.54, 1.807) is 41.4 Å². The number of halogens is 1. The third-order valence-corrected chi connectivity index (χ3v) is 5.49. The fourth-order valence-corrected chi connectivity index (χ4v) is 3.82. The second-order valence-electron chi connectivity index (χ2n) is 7.68. The minimum Gasteiger partial charge on any atom is -0.442 e. The maximum atomic E-state index is 14.9. The highest BCUT2D eigenvalue weighted by Crippen LogP contribution is 2.28. The lowest BCUT2D eigenvalue weighted by Crippen LogP contribution is -2.49. The molecule has 2 aromatic rings. The summed E-state index contributed by atoms with van der Waals surface area (Å²) in [5.74, 6) is -0.802. The molecule has 9 nitrogen and oxygen atoms in total. The van der Waals surface area contributed by atoms with Crippen molar-refractivity contribution in [2.75, 3.05) is 49.1 Å². The number of carbonyl (C=O) groups excluding carboxylic acids is 3. The molecule has 0 radical (unpaired) electrons. The zero-order valence-electron chi connectivity index (χ0n) is 17.7. The topological polar surface area (TPSA) is 95.1 Å². The molecule has 1 aromatic carbocycles. The first-order valence-corrected chi connectivity index (χ1v) is 10.4. The second-order valence-corrected chi connectivity index (χ2v) is 7.68. The Morgan fingerprint density at radius 3 is 2.62 bits per heavy atom. The predicted octanol–water partition coefficient (Wildman–Crippen LogP) is 1.64. The fraction of sp³-hybridized carbons (Fsp3) is 0.364. The molecule has 4 rings (SSSR count). The lowest BCUT2D eigenvalue weighted by atomic mass is 10.2. The van der Waals surface area contributed by atoms with Crippen LogP contribution in [0, 0.1) is 5.82 Å². The van der Waals surface area contributed by atoms with Crippen molar-refractivity contribution in [2.24, 2.45) is 0 Å². The standard InChI is InChI=1S/C22H24FN5O4/c1-15(29)25-13-17-14-28(22(31)32-17)16-5-6-20(18(23)12-16)26-8-10-27(11-9-26)21(30)19-4-2-3-7-24-19/h2-7,12,17H,8-11,13-14H2,1H3,(H,25,29)/t17-/m0/s1. The molecule has 3 heterocycles. The molecule has 0 saturated carbocycles. The van der Waals surface area contributed by atoms with Gasteiger partial charge in [0.1, 0.15) is 17.6 Å². The summed E-state index contributed by atoms with van der Waals surface area (Å²) in [4.78, 5) is 44.8. The van der Waals surface area contributed by atoms with Crippen LogP contribution >= 0.6 is 0 Å². The van der Waals surface area contributed by atoms with Crippen molar-refractivity contribution in [3.8, 4) is 0 Å². The largest absolute Gasteiger partial charge is 0.442 e. The Kier molecular flexibility index (Phi) is 6.20. The van der Waals surface area contributed by atoms with Gasteiger partial charge in [-0.05, 0) is 30.3 Å². The number of hydrogen-bond donors (Lipinski definition) is 1. The van der Waals surface area contributed by atoms with E-state index in [1.165, 1.54) is 17.9 Å². The minimum atomic E-state index is -0.575. The summed E-state index contributed by atoms with van der Waals surface area (Å²) in [5.41, 5.74) is 1.21. The summed E-state index contributed by atoms with van der Waals surface area (Å²) in [6.07, 6.45) is 0.520. The molecular formula is C22H24FN5O4. The molecule has 2 fully saturated rings. The van der Waals surface area contributed by atoms with Crippen LogP contribution in [-0.2, 0) is 9.53 Å². The Hall–Kier alpha value is -3.69. The zero-order valence-corrected chi connectivity index (χ0v) is 17.7. The Bertz CT molecular complexity index is 1010. The van der Waals surface area contributed by atoms with Crippen LogP contribution in [0.4, 0.5) is 20.6 Å². The SMILES string of the molecule is CC(=O)NC[C@H]1CN(c2ccc(N3CCN(C(=O)c4ccccn4)CC3)c(F)c2)C(=O)O1. The number of nitrogens with one attached hydrogen (secondary N) is 1. The number of piperazine rings is 1. The van der Waals surface area contributed by atoms with Gasteiger partial charge < -0.3 is 19.9 Å². The molecule has 2 aliphatic heterocycles. The number of anilines is 2. The normalized spacial score (nSPS) is 18.5. The van der Waals surface area contributed by atoms with Crippen molar-refractivity contribution in [1.82, 2.24) is 15.2 Å². The van der Waals surface area contributed by atoms with Gasteiger partial charge in [0.05, 0.1) is 24.5 Å². The third kappa shape index (κ3) is 4.63. The Labute approximate surface area is 184 Å². The van der Waals surface area contributed by atoms with Gasteiger partial charge in [0.25, 0.3) is 5.91 Å². The third-order valence-electron chi connectivity index (χ3n) is 5.49. The smallest absolute Gasteiger partial charge is 0.414 e. The summed E-state index contributed by atoms with van der Waals surface area (Å²) in [5, 5.41) is 2.61. The summed E-state index contributed by atoms with van der Waals surface area (Å²) < 4.78 is 20.2. The number of rotatable bonds is 5. The number of nitrogens with zero attached hydrogens (tertiary/aromatic N) is 4. The predicted molar refractivity (Wildman–Crippen MR) is 115 cm³/mol. The van der Waals surface area contributed by atoms with Crippen LogP contribution in [0.5, 0.6) is 0 Å². The van der Waals surface area contributed by atoms with Crippen LogP contribution in [0.3, 0.4) is 0 Å². The van der Waals surface area contributed by atoms with Crippen LogP contribution in [0.25, 0.3) is 0 Å². The number of aromatic nitrogens is 1. The first kappa shape index (κ1) is 21.5. The van der Waals surface area contributed by atoms with Gasteiger partial charge in [0.15, 0.2) is 0 Å². The maximum absolute atomic E-state index is 14.9. The molecule has 2 saturated heterocycles. The van der Waals surface area contributed by atoms with Crippen LogP contribution in [0.15, 0.2) is 42.6 Å². The van der Waals surface area contributed by atoms with Crippen molar-refractivity contribution in [3.05, 3.63) is 54.1 Å². The highest BCUT2D eigenvalue weighted by atomic mass is 19.1. The van der Waals surface area contributed by atoms with Gasteiger partial charge in [-0.1, -0.05) is 6.07 Å². The Morgan fingerprint density at radius 2 is 1.97 bits per heavy atom. The van der Waals surface area contributed by atoms with E-state index in [2.05, 4.69) is 10.3 Å². The van der Waals surface area contributed by atoms with E-state index in [0.717, 1.165) is 0 Å².